The summed E-state index contributed by atoms with van der Waals surface area (Å²) in [7, 11) is 0. The monoisotopic (exact) mass is 354 g/mol. The van der Waals surface area contributed by atoms with Gasteiger partial charge in [-0.25, -0.2) is 4.39 Å². The first kappa shape index (κ1) is 15.7. The number of aromatic nitrogens is 3. The van der Waals surface area contributed by atoms with Crippen LogP contribution < -0.4 is 5.56 Å². The Hall–Kier alpha value is -2.86. The summed E-state index contributed by atoms with van der Waals surface area (Å²) in [6.45, 7) is 1.73. The smallest absolute Gasteiger partial charge is 0.276 e. The maximum atomic E-state index is 14.0. The fourth-order valence-electron chi connectivity index (χ4n) is 2.86. The molecule has 3 aromatic rings. The second-order valence-corrected chi connectivity index (χ2v) is 6.06. The van der Waals surface area contributed by atoms with Crippen LogP contribution in [0, 0.1) is 12.7 Å². The second-order valence-electron chi connectivity index (χ2n) is 5.65. The van der Waals surface area contributed by atoms with Crippen molar-refractivity contribution in [3.63, 3.8) is 0 Å². The molecule has 0 aliphatic carbocycles. The fraction of sp³-hybridized carbons (Fsp3) is 0.111. The molecule has 1 aromatic heterocycles. The van der Waals surface area contributed by atoms with Gasteiger partial charge in [-0.05, 0) is 31.2 Å². The van der Waals surface area contributed by atoms with Gasteiger partial charge in [0.05, 0.1) is 11.4 Å². The number of hydrogen-bond acceptors (Lipinski definition) is 4. The number of rotatable bonds is 1. The molecule has 0 atom stereocenters. The van der Waals surface area contributed by atoms with Crippen molar-refractivity contribution in [2.24, 2.45) is 4.99 Å². The zero-order chi connectivity index (χ0) is 17.6. The highest BCUT2D eigenvalue weighted by Crippen LogP contribution is 2.27. The predicted octanol–water partition coefficient (Wildman–Crippen LogP) is 3.08. The first-order chi connectivity index (χ1) is 12.1. The zero-order valence-electron chi connectivity index (χ0n) is 13.2. The van der Waals surface area contributed by atoms with Crippen molar-refractivity contribution in [3.05, 3.63) is 86.3 Å². The average Bonchev–Trinajstić information content (AvgIpc) is 2.76. The van der Waals surface area contributed by atoms with Gasteiger partial charge in [-0.1, -0.05) is 29.8 Å². The molecule has 1 aliphatic heterocycles. The van der Waals surface area contributed by atoms with Crippen LogP contribution in [0.5, 0.6) is 0 Å². The van der Waals surface area contributed by atoms with E-state index in [1.54, 1.807) is 19.1 Å². The number of aryl methyl sites for hydroxylation is 1. The molecule has 0 saturated carbocycles. The Labute approximate surface area is 147 Å². The van der Waals surface area contributed by atoms with E-state index in [2.05, 4.69) is 15.2 Å². The molecule has 2 aromatic carbocycles. The Morgan fingerprint density at radius 2 is 1.92 bits per heavy atom. The van der Waals surface area contributed by atoms with E-state index >= 15 is 0 Å². The Kier molecular flexibility index (Phi) is 3.69. The Bertz CT molecular complexity index is 1090. The third kappa shape index (κ3) is 2.55. The first-order valence-electron chi connectivity index (χ1n) is 7.61. The summed E-state index contributed by atoms with van der Waals surface area (Å²) < 4.78 is 15.4. The first-order valence-corrected chi connectivity index (χ1v) is 7.99. The largest absolute Gasteiger partial charge is 0.279 e. The molecule has 0 amide bonds. The minimum Gasteiger partial charge on any atom is -0.276 e. The molecule has 0 bridgehead atoms. The van der Waals surface area contributed by atoms with Gasteiger partial charge in [-0.15, -0.1) is 10.2 Å². The third-order valence-electron chi connectivity index (χ3n) is 4.05. The average molecular weight is 355 g/mol. The van der Waals surface area contributed by atoms with E-state index in [1.807, 2.05) is 18.2 Å². The highest BCUT2D eigenvalue weighted by molar-refractivity contribution is 6.35. The molecule has 0 saturated heterocycles. The van der Waals surface area contributed by atoms with Crippen LogP contribution in [0.15, 0.2) is 52.3 Å². The number of nitrogens with zero attached hydrogens (tertiary/aromatic N) is 4. The van der Waals surface area contributed by atoms with E-state index in [4.69, 9.17) is 11.6 Å². The van der Waals surface area contributed by atoms with Crippen molar-refractivity contribution in [2.45, 2.75) is 13.5 Å². The molecule has 5 nitrogen and oxygen atoms in total. The quantitative estimate of drug-likeness (QED) is 0.674. The molecule has 0 fully saturated rings. The molecular weight excluding hydrogens is 343 g/mol. The maximum absolute atomic E-state index is 14.0. The number of hydrogen-bond donors (Lipinski definition) is 0. The second kappa shape index (κ2) is 5.89. The van der Waals surface area contributed by atoms with Gasteiger partial charge >= 0.3 is 0 Å². The SMILES string of the molecule is Cc1nnc2n(c1=O)-c1ccc(F)cc1C(c1ccccc1Cl)=NC2. The van der Waals surface area contributed by atoms with Gasteiger partial charge in [0.2, 0.25) is 0 Å². The lowest BCUT2D eigenvalue weighted by Gasteiger charge is -2.13. The summed E-state index contributed by atoms with van der Waals surface area (Å²) >= 11 is 6.31. The molecule has 25 heavy (non-hydrogen) atoms. The number of aliphatic imine (C=N–C) groups is 1. The lowest BCUT2D eigenvalue weighted by atomic mass is 10.00. The number of benzene rings is 2. The van der Waals surface area contributed by atoms with E-state index in [1.165, 1.54) is 16.7 Å². The summed E-state index contributed by atoms with van der Waals surface area (Å²) in [5.41, 5.74) is 2.15. The van der Waals surface area contributed by atoms with Crippen molar-refractivity contribution in [2.75, 3.05) is 0 Å². The van der Waals surface area contributed by atoms with Crippen LogP contribution in [0.3, 0.4) is 0 Å². The van der Waals surface area contributed by atoms with E-state index < -0.39 is 5.82 Å². The fourth-order valence-corrected chi connectivity index (χ4v) is 3.09. The molecule has 124 valence electrons. The molecule has 7 heteroatoms. The molecule has 0 spiro atoms. The maximum Gasteiger partial charge on any atom is 0.279 e. The summed E-state index contributed by atoms with van der Waals surface area (Å²) in [5, 5.41) is 8.47. The van der Waals surface area contributed by atoms with Gasteiger partial charge in [-0.3, -0.25) is 14.4 Å². The highest BCUT2D eigenvalue weighted by Gasteiger charge is 2.23. The minimum absolute atomic E-state index is 0.138. The predicted molar refractivity (Wildman–Crippen MR) is 93.1 cm³/mol. The van der Waals surface area contributed by atoms with E-state index in [-0.39, 0.29) is 17.8 Å². The van der Waals surface area contributed by atoms with Gasteiger partial charge in [0.25, 0.3) is 5.56 Å². The van der Waals surface area contributed by atoms with Crippen molar-refractivity contribution in [1.29, 1.82) is 0 Å². The zero-order valence-corrected chi connectivity index (χ0v) is 14.0. The van der Waals surface area contributed by atoms with Crippen LogP contribution in [-0.4, -0.2) is 20.5 Å². The van der Waals surface area contributed by atoms with Crippen LogP contribution in [0.2, 0.25) is 5.02 Å². The standard InChI is InChI=1S/C18H12ClFN4O/c1-10-18(25)24-15-7-6-11(20)8-13(15)17(21-9-16(24)23-22-10)12-4-2-3-5-14(12)19/h2-8H,9H2,1H3. The lowest BCUT2D eigenvalue weighted by molar-refractivity contribution is 0.626. The molecule has 0 N–H and O–H groups in total. The summed E-state index contributed by atoms with van der Waals surface area (Å²) in [4.78, 5) is 17.2. The molecule has 2 heterocycles. The van der Waals surface area contributed by atoms with Gasteiger partial charge in [0, 0.05) is 16.1 Å². The summed E-state index contributed by atoms with van der Waals surface area (Å²) in [6, 6.07) is 11.4. The van der Waals surface area contributed by atoms with Crippen molar-refractivity contribution in [3.8, 4) is 5.69 Å². The molecule has 4 rings (SSSR count). The van der Waals surface area contributed by atoms with Crippen LogP contribution in [0.4, 0.5) is 4.39 Å². The van der Waals surface area contributed by atoms with Gasteiger partial charge in [0.15, 0.2) is 5.82 Å². The number of fused-ring (bicyclic) bond motifs is 3. The van der Waals surface area contributed by atoms with E-state index in [9.17, 15) is 9.18 Å². The van der Waals surface area contributed by atoms with Crippen LogP contribution in [-0.2, 0) is 6.54 Å². The van der Waals surface area contributed by atoms with Crippen LogP contribution in [0.1, 0.15) is 22.6 Å². The Balaban J connectivity index is 2.07. The molecule has 0 radical (unpaired) electrons. The van der Waals surface area contributed by atoms with E-state index in [0.29, 0.717) is 33.4 Å². The number of halogens is 2. The molecule has 1 aliphatic rings. The topological polar surface area (TPSA) is 60.1 Å². The summed E-state index contributed by atoms with van der Waals surface area (Å²) in [6.07, 6.45) is 0. The van der Waals surface area contributed by atoms with Gasteiger partial charge in [-0.2, -0.15) is 0 Å². The van der Waals surface area contributed by atoms with Gasteiger partial charge in [0.1, 0.15) is 18.1 Å². The van der Waals surface area contributed by atoms with Crippen molar-refractivity contribution in [1.82, 2.24) is 14.8 Å². The highest BCUT2D eigenvalue weighted by atomic mass is 35.5. The lowest BCUT2D eigenvalue weighted by Crippen LogP contribution is -2.27. The normalized spacial score (nSPS) is 12.8. The molecule has 0 unspecified atom stereocenters. The van der Waals surface area contributed by atoms with E-state index in [0.717, 1.165) is 0 Å². The third-order valence-corrected chi connectivity index (χ3v) is 4.38. The van der Waals surface area contributed by atoms with Crippen molar-refractivity contribution < 1.29 is 4.39 Å². The Morgan fingerprint density at radius 1 is 1.12 bits per heavy atom. The molecular formula is C18H12ClFN4O. The minimum atomic E-state index is -0.422. The summed E-state index contributed by atoms with van der Waals surface area (Å²) in [5.74, 6) is -0.0285. The Morgan fingerprint density at radius 3 is 2.72 bits per heavy atom. The van der Waals surface area contributed by atoms with Crippen LogP contribution in [0.25, 0.3) is 5.69 Å². The van der Waals surface area contributed by atoms with Gasteiger partial charge < -0.3 is 0 Å². The van der Waals surface area contributed by atoms with Crippen molar-refractivity contribution >= 4 is 17.3 Å². The van der Waals surface area contributed by atoms with Crippen LogP contribution >= 0.6 is 11.6 Å².